The van der Waals surface area contributed by atoms with E-state index in [4.69, 9.17) is 10.5 Å². The molecule has 0 bridgehead atoms. The summed E-state index contributed by atoms with van der Waals surface area (Å²) in [6.07, 6.45) is 0. The van der Waals surface area contributed by atoms with Crippen molar-refractivity contribution in [3.05, 3.63) is 28.3 Å². The first kappa shape index (κ1) is 15.9. The first-order valence-corrected chi connectivity index (χ1v) is 6.05. The molecule has 0 fully saturated rings. The highest BCUT2D eigenvalue weighted by Gasteiger charge is 2.28. The van der Waals surface area contributed by atoms with Gasteiger partial charge in [-0.3, -0.25) is 14.9 Å². The van der Waals surface area contributed by atoms with E-state index in [2.05, 4.69) is 5.32 Å². The lowest BCUT2D eigenvalue weighted by atomic mass is 9.87. The number of rotatable bonds is 4. The summed E-state index contributed by atoms with van der Waals surface area (Å²) in [5.74, 6) is -0.0821. The summed E-state index contributed by atoms with van der Waals surface area (Å²) in [5.41, 5.74) is 5.52. The number of nitro groups is 1. The molecule has 110 valence electrons. The third-order valence-corrected chi connectivity index (χ3v) is 2.87. The van der Waals surface area contributed by atoms with Gasteiger partial charge in [-0.05, 0) is 11.5 Å². The van der Waals surface area contributed by atoms with E-state index in [1.807, 2.05) is 20.8 Å². The Balaban J connectivity index is 3.04. The van der Waals surface area contributed by atoms with E-state index < -0.39 is 22.3 Å². The van der Waals surface area contributed by atoms with Crippen LogP contribution in [0.3, 0.4) is 0 Å². The van der Waals surface area contributed by atoms with Crippen LogP contribution >= 0.6 is 0 Å². The molecule has 0 spiro atoms. The Bertz CT molecular complexity index is 523. The normalized spacial score (nSPS) is 12.7. The van der Waals surface area contributed by atoms with E-state index in [0.717, 1.165) is 0 Å². The van der Waals surface area contributed by atoms with Crippen LogP contribution in [-0.2, 0) is 4.79 Å². The lowest BCUT2D eigenvalue weighted by Crippen LogP contribution is -2.45. The molecule has 0 aliphatic heterocycles. The third-order valence-electron chi connectivity index (χ3n) is 2.87. The highest BCUT2D eigenvalue weighted by molar-refractivity contribution is 5.96. The minimum absolute atomic E-state index is 0.134. The maximum Gasteiger partial charge on any atom is 0.271 e. The van der Waals surface area contributed by atoms with Gasteiger partial charge in [0.15, 0.2) is 0 Å². The Morgan fingerprint density at radius 1 is 1.45 bits per heavy atom. The van der Waals surface area contributed by atoms with Crippen LogP contribution in [0.2, 0.25) is 0 Å². The van der Waals surface area contributed by atoms with Crippen LogP contribution in [0.5, 0.6) is 5.75 Å². The van der Waals surface area contributed by atoms with Gasteiger partial charge in [0.05, 0.1) is 23.8 Å². The number of hydrogen-bond acceptors (Lipinski definition) is 5. The molecule has 0 unspecified atom stereocenters. The van der Waals surface area contributed by atoms with Crippen molar-refractivity contribution in [2.24, 2.45) is 11.1 Å². The molecule has 0 saturated carbocycles. The van der Waals surface area contributed by atoms with Gasteiger partial charge >= 0.3 is 0 Å². The van der Waals surface area contributed by atoms with Crippen LogP contribution in [0.4, 0.5) is 11.4 Å². The molecule has 20 heavy (non-hydrogen) atoms. The monoisotopic (exact) mass is 281 g/mol. The van der Waals surface area contributed by atoms with Crippen LogP contribution in [-0.4, -0.2) is 24.0 Å². The Morgan fingerprint density at radius 2 is 2.05 bits per heavy atom. The van der Waals surface area contributed by atoms with Crippen molar-refractivity contribution >= 4 is 17.3 Å². The first-order valence-electron chi connectivity index (χ1n) is 6.05. The van der Waals surface area contributed by atoms with Gasteiger partial charge in [0.1, 0.15) is 5.75 Å². The summed E-state index contributed by atoms with van der Waals surface area (Å²) < 4.78 is 5.07. The molecule has 1 amide bonds. The Kier molecular flexibility index (Phi) is 4.67. The standard InChI is InChI=1S/C13H19N3O4/c1-13(2,3)11(14)12(17)15-9-7-8(16(18)19)5-6-10(9)20-4/h5-7,11H,14H2,1-4H3,(H,15,17)/t11-/m0/s1. The molecule has 0 radical (unpaired) electrons. The molecule has 0 aliphatic carbocycles. The number of carbonyl (C=O) groups is 1. The second kappa shape index (κ2) is 5.87. The fraction of sp³-hybridized carbons (Fsp3) is 0.462. The second-order valence-corrected chi connectivity index (χ2v) is 5.47. The summed E-state index contributed by atoms with van der Waals surface area (Å²) >= 11 is 0. The number of benzene rings is 1. The summed E-state index contributed by atoms with van der Waals surface area (Å²) in [6, 6.07) is 3.23. The smallest absolute Gasteiger partial charge is 0.271 e. The Hall–Kier alpha value is -2.15. The van der Waals surface area contributed by atoms with Gasteiger partial charge in [0, 0.05) is 12.1 Å². The van der Waals surface area contributed by atoms with Crippen molar-refractivity contribution in [2.75, 3.05) is 12.4 Å². The third kappa shape index (κ3) is 3.67. The number of nitrogens with zero attached hydrogens (tertiary/aromatic N) is 1. The maximum atomic E-state index is 12.0. The number of ether oxygens (including phenoxy) is 1. The number of nitrogens with one attached hydrogen (secondary N) is 1. The summed E-state index contributed by atoms with van der Waals surface area (Å²) in [7, 11) is 1.42. The number of nitro benzene ring substituents is 1. The first-order chi connectivity index (χ1) is 9.16. The molecular weight excluding hydrogens is 262 g/mol. The van der Waals surface area contributed by atoms with Crippen LogP contribution < -0.4 is 15.8 Å². The molecule has 1 rings (SSSR count). The van der Waals surface area contributed by atoms with Gasteiger partial charge in [0.25, 0.3) is 5.69 Å². The van der Waals surface area contributed by atoms with Crippen LogP contribution in [0.1, 0.15) is 20.8 Å². The molecule has 7 heteroatoms. The van der Waals surface area contributed by atoms with Crippen molar-refractivity contribution in [1.29, 1.82) is 0 Å². The van der Waals surface area contributed by atoms with E-state index in [1.54, 1.807) is 0 Å². The zero-order valence-electron chi connectivity index (χ0n) is 12.0. The second-order valence-electron chi connectivity index (χ2n) is 5.47. The molecule has 3 N–H and O–H groups in total. The average Bonchev–Trinajstić information content (AvgIpc) is 2.36. The average molecular weight is 281 g/mol. The molecule has 1 atom stereocenters. The number of carbonyl (C=O) groups excluding carboxylic acids is 1. The highest BCUT2D eigenvalue weighted by Crippen LogP contribution is 2.29. The largest absolute Gasteiger partial charge is 0.495 e. The maximum absolute atomic E-state index is 12.0. The van der Waals surface area contributed by atoms with E-state index >= 15 is 0 Å². The number of hydrogen-bond donors (Lipinski definition) is 2. The Labute approximate surface area is 117 Å². The number of non-ortho nitro benzene ring substituents is 1. The number of nitrogens with two attached hydrogens (primary N) is 1. The highest BCUT2D eigenvalue weighted by atomic mass is 16.6. The fourth-order valence-electron chi connectivity index (χ4n) is 1.51. The van der Waals surface area contributed by atoms with Crippen molar-refractivity contribution in [3.63, 3.8) is 0 Å². The van der Waals surface area contributed by atoms with E-state index in [-0.39, 0.29) is 11.4 Å². The van der Waals surface area contributed by atoms with E-state index in [1.165, 1.54) is 25.3 Å². The molecule has 1 aromatic rings. The van der Waals surface area contributed by atoms with Crippen molar-refractivity contribution in [3.8, 4) is 5.75 Å². The molecule has 0 saturated heterocycles. The van der Waals surface area contributed by atoms with Gasteiger partial charge in [-0.15, -0.1) is 0 Å². The zero-order valence-corrected chi connectivity index (χ0v) is 12.0. The minimum Gasteiger partial charge on any atom is -0.495 e. The fourth-order valence-corrected chi connectivity index (χ4v) is 1.51. The van der Waals surface area contributed by atoms with Gasteiger partial charge in [-0.25, -0.2) is 0 Å². The van der Waals surface area contributed by atoms with Crippen molar-refractivity contribution in [1.82, 2.24) is 0 Å². The van der Waals surface area contributed by atoms with Crippen molar-refractivity contribution in [2.45, 2.75) is 26.8 Å². The number of amides is 1. The SMILES string of the molecule is COc1ccc([N+](=O)[O-])cc1NC(=O)[C@H](N)C(C)(C)C. The molecule has 7 nitrogen and oxygen atoms in total. The van der Waals surface area contributed by atoms with Crippen LogP contribution in [0, 0.1) is 15.5 Å². The molecule has 0 heterocycles. The van der Waals surface area contributed by atoms with Gasteiger partial charge in [0.2, 0.25) is 5.91 Å². The van der Waals surface area contributed by atoms with Gasteiger partial charge in [-0.2, -0.15) is 0 Å². The molecule has 0 aliphatic rings. The summed E-state index contributed by atoms with van der Waals surface area (Å²) in [5, 5.41) is 13.3. The van der Waals surface area contributed by atoms with Crippen LogP contribution in [0.25, 0.3) is 0 Å². The minimum atomic E-state index is -0.744. The molecule has 1 aromatic carbocycles. The summed E-state index contributed by atoms with van der Waals surface area (Å²) in [4.78, 5) is 22.3. The zero-order chi connectivity index (χ0) is 15.5. The van der Waals surface area contributed by atoms with E-state index in [9.17, 15) is 14.9 Å². The lowest BCUT2D eigenvalue weighted by Gasteiger charge is -2.26. The van der Waals surface area contributed by atoms with Crippen LogP contribution in [0.15, 0.2) is 18.2 Å². The molecule has 0 aromatic heterocycles. The topological polar surface area (TPSA) is 107 Å². The number of methoxy groups -OCH3 is 1. The lowest BCUT2D eigenvalue weighted by molar-refractivity contribution is -0.384. The number of anilines is 1. The van der Waals surface area contributed by atoms with Gasteiger partial charge in [-0.1, -0.05) is 20.8 Å². The predicted octanol–water partition coefficient (Wildman–Crippen LogP) is 1.92. The van der Waals surface area contributed by atoms with E-state index in [0.29, 0.717) is 5.75 Å². The Morgan fingerprint density at radius 3 is 2.50 bits per heavy atom. The quantitative estimate of drug-likeness (QED) is 0.647. The molecular formula is C13H19N3O4. The summed E-state index contributed by atoms with van der Waals surface area (Å²) in [6.45, 7) is 5.51. The van der Waals surface area contributed by atoms with Gasteiger partial charge < -0.3 is 15.8 Å². The van der Waals surface area contributed by atoms with Crippen molar-refractivity contribution < 1.29 is 14.5 Å². The predicted molar refractivity (Wildman–Crippen MR) is 75.7 cm³/mol.